The molecule has 0 aliphatic carbocycles. The molecular weight excluding hydrogens is 459 g/mol. The van der Waals surface area contributed by atoms with Crippen LogP contribution < -0.4 is 5.32 Å². The molecular formula is C29H33FN2O2S. The zero-order valence-electron chi connectivity index (χ0n) is 20.5. The molecule has 0 aromatic heterocycles. The number of hydrogen-bond acceptors (Lipinski definition) is 3. The Hall–Kier alpha value is -3.12. The Labute approximate surface area is 211 Å². The van der Waals surface area contributed by atoms with Crippen LogP contribution >= 0.6 is 11.8 Å². The Balaban J connectivity index is 1.84. The molecule has 0 radical (unpaired) electrons. The van der Waals surface area contributed by atoms with Gasteiger partial charge in [-0.1, -0.05) is 66.7 Å². The van der Waals surface area contributed by atoms with E-state index in [2.05, 4.69) is 24.4 Å². The van der Waals surface area contributed by atoms with E-state index in [-0.39, 0.29) is 36.0 Å². The number of amides is 2. The van der Waals surface area contributed by atoms with E-state index < -0.39 is 6.04 Å². The lowest BCUT2D eigenvalue weighted by Crippen LogP contribution is -2.52. The number of rotatable bonds is 11. The topological polar surface area (TPSA) is 49.4 Å². The van der Waals surface area contributed by atoms with Crippen molar-refractivity contribution >= 4 is 23.6 Å². The predicted molar refractivity (Wildman–Crippen MR) is 142 cm³/mol. The molecule has 0 aliphatic heterocycles. The second-order valence-electron chi connectivity index (χ2n) is 8.94. The van der Waals surface area contributed by atoms with Gasteiger partial charge in [-0.15, -0.1) is 11.8 Å². The second kappa shape index (κ2) is 13.1. The SMILES string of the molecule is Cc1ccccc1CSCC(=O)N(Cc1ccc(F)cc1)[C@H](Cc1ccccc1)C(=O)NC(C)C. The molecule has 1 N–H and O–H groups in total. The molecule has 3 rings (SSSR count). The van der Waals surface area contributed by atoms with Crippen LogP contribution in [0.25, 0.3) is 0 Å². The van der Waals surface area contributed by atoms with Crippen molar-refractivity contribution in [3.8, 4) is 0 Å². The van der Waals surface area contributed by atoms with E-state index in [0.717, 1.165) is 11.1 Å². The summed E-state index contributed by atoms with van der Waals surface area (Å²) in [4.78, 5) is 28.5. The average molecular weight is 493 g/mol. The van der Waals surface area contributed by atoms with Gasteiger partial charge in [0.15, 0.2) is 0 Å². The third-order valence-electron chi connectivity index (χ3n) is 5.71. The van der Waals surface area contributed by atoms with E-state index in [9.17, 15) is 14.0 Å². The third kappa shape index (κ3) is 8.25. The zero-order chi connectivity index (χ0) is 25.2. The van der Waals surface area contributed by atoms with Crippen LogP contribution in [0.1, 0.15) is 36.1 Å². The van der Waals surface area contributed by atoms with E-state index in [1.54, 1.807) is 17.0 Å². The van der Waals surface area contributed by atoms with Crippen LogP contribution in [0, 0.1) is 12.7 Å². The first-order valence-corrected chi connectivity index (χ1v) is 13.0. The first-order valence-electron chi connectivity index (χ1n) is 11.8. The van der Waals surface area contributed by atoms with E-state index in [4.69, 9.17) is 0 Å². The highest BCUT2D eigenvalue weighted by Gasteiger charge is 2.30. The van der Waals surface area contributed by atoms with Crippen LogP contribution in [0.5, 0.6) is 0 Å². The summed E-state index contributed by atoms with van der Waals surface area (Å²) in [7, 11) is 0. The number of carbonyl (C=O) groups excluding carboxylic acids is 2. The van der Waals surface area contributed by atoms with Crippen molar-refractivity contribution in [2.75, 3.05) is 5.75 Å². The van der Waals surface area contributed by atoms with Crippen molar-refractivity contribution in [1.82, 2.24) is 10.2 Å². The molecule has 1 atom stereocenters. The van der Waals surface area contributed by atoms with Crippen LogP contribution in [0.15, 0.2) is 78.9 Å². The van der Waals surface area contributed by atoms with E-state index >= 15 is 0 Å². The molecule has 35 heavy (non-hydrogen) atoms. The molecule has 0 bridgehead atoms. The Morgan fingerprint density at radius 3 is 2.23 bits per heavy atom. The third-order valence-corrected chi connectivity index (χ3v) is 6.68. The Kier molecular flexibility index (Phi) is 9.91. The Morgan fingerprint density at radius 2 is 1.57 bits per heavy atom. The van der Waals surface area contributed by atoms with Gasteiger partial charge >= 0.3 is 0 Å². The van der Waals surface area contributed by atoms with Gasteiger partial charge in [0, 0.05) is 24.8 Å². The summed E-state index contributed by atoms with van der Waals surface area (Å²) in [5, 5.41) is 2.98. The highest BCUT2D eigenvalue weighted by atomic mass is 32.2. The molecule has 0 saturated carbocycles. The molecule has 0 spiro atoms. The highest BCUT2D eigenvalue weighted by molar-refractivity contribution is 7.99. The van der Waals surface area contributed by atoms with Gasteiger partial charge in [-0.25, -0.2) is 4.39 Å². The van der Waals surface area contributed by atoms with Crippen molar-refractivity contribution in [2.45, 2.75) is 51.6 Å². The van der Waals surface area contributed by atoms with Crippen LogP contribution in [-0.2, 0) is 28.3 Å². The maximum absolute atomic E-state index is 13.6. The number of thioether (sulfide) groups is 1. The molecule has 2 amide bonds. The zero-order valence-corrected chi connectivity index (χ0v) is 21.4. The minimum absolute atomic E-state index is 0.0565. The van der Waals surface area contributed by atoms with E-state index in [0.29, 0.717) is 12.2 Å². The van der Waals surface area contributed by atoms with Crippen molar-refractivity contribution < 1.29 is 14.0 Å². The summed E-state index contributed by atoms with van der Waals surface area (Å²) in [6.07, 6.45) is 0.398. The minimum Gasteiger partial charge on any atom is -0.352 e. The molecule has 3 aromatic rings. The van der Waals surface area contributed by atoms with Gasteiger partial charge in [0.25, 0.3) is 0 Å². The molecule has 0 unspecified atom stereocenters. The first-order chi connectivity index (χ1) is 16.8. The lowest BCUT2D eigenvalue weighted by atomic mass is 10.0. The van der Waals surface area contributed by atoms with Crippen molar-refractivity contribution in [3.05, 3.63) is 107 Å². The van der Waals surface area contributed by atoms with Crippen LogP contribution in [-0.4, -0.2) is 34.6 Å². The van der Waals surface area contributed by atoms with E-state index in [1.807, 2.05) is 56.3 Å². The molecule has 0 fully saturated rings. The summed E-state index contributed by atoms with van der Waals surface area (Å²) >= 11 is 1.54. The normalized spacial score (nSPS) is 11.8. The van der Waals surface area contributed by atoms with Gasteiger partial charge in [-0.05, 0) is 55.2 Å². The second-order valence-corrected chi connectivity index (χ2v) is 9.92. The van der Waals surface area contributed by atoms with Crippen molar-refractivity contribution in [3.63, 3.8) is 0 Å². The van der Waals surface area contributed by atoms with Crippen LogP contribution in [0.2, 0.25) is 0 Å². The molecule has 0 heterocycles. The summed E-state index contributed by atoms with van der Waals surface area (Å²) in [5.74, 6) is 0.315. The smallest absolute Gasteiger partial charge is 0.243 e. The highest BCUT2D eigenvalue weighted by Crippen LogP contribution is 2.20. The number of nitrogens with zero attached hydrogens (tertiary/aromatic N) is 1. The standard InChI is InChI=1S/C29H33FN2O2S/c1-21(2)31-29(34)27(17-23-10-5-4-6-11-23)32(18-24-13-15-26(30)16-14-24)28(33)20-35-19-25-12-8-7-9-22(25)3/h4-16,21,27H,17-20H2,1-3H3,(H,31,34)/t27-/m1/s1. The number of benzene rings is 3. The summed E-state index contributed by atoms with van der Waals surface area (Å²) in [6, 6.07) is 23.2. The van der Waals surface area contributed by atoms with Gasteiger partial charge in [-0.2, -0.15) is 0 Å². The van der Waals surface area contributed by atoms with Crippen molar-refractivity contribution in [2.24, 2.45) is 0 Å². The number of nitrogens with one attached hydrogen (secondary N) is 1. The number of aryl methyl sites for hydroxylation is 1. The van der Waals surface area contributed by atoms with Gasteiger partial charge < -0.3 is 10.2 Å². The quantitative estimate of drug-likeness (QED) is 0.383. The largest absolute Gasteiger partial charge is 0.352 e. The number of carbonyl (C=O) groups is 2. The number of hydrogen-bond donors (Lipinski definition) is 1. The molecule has 3 aromatic carbocycles. The fourth-order valence-corrected chi connectivity index (χ4v) is 4.81. The Morgan fingerprint density at radius 1 is 0.914 bits per heavy atom. The first kappa shape index (κ1) is 26.5. The van der Waals surface area contributed by atoms with E-state index in [1.165, 1.54) is 35.0 Å². The fourth-order valence-electron chi connectivity index (χ4n) is 3.82. The van der Waals surface area contributed by atoms with Gasteiger partial charge in [-0.3, -0.25) is 9.59 Å². The predicted octanol–water partition coefficient (Wildman–Crippen LogP) is 5.53. The average Bonchev–Trinajstić information content (AvgIpc) is 2.84. The minimum atomic E-state index is -0.684. The van der Waals surface area contributed by atoms with Gasteiger partial charge in [0.2, 0.25) is 11.8 Å². The maximum Gasteiger partial charge on any atom is 0.243 e. The molecule has 0 saturated heterocycles. The molecule has 0 aliphatic rings. The maximum atomic E-state index is 13.6. The molecule has 184 valence electrons. The monoisotopic (exact) mass is 492 g/mol. The lowest BCUT2D eigenvalue weighted by molar-refractivity contribution is -0.139. The summed E-state index contributed by atoms with van der Waals surface area (Å²) < 4.78 is 13.5. The Bertz CT molecular complexity index is 1100. The number of halogens is 1. The lowest BCUT2D eigenvalue weighted by Gasteiger charge is -2.32. The summed E-state index contributed by atoms with van der Waals surface area (Å²) in [5.41, 5.74) is 4.13. The van der Waals surface area contributed by atoms with Gasteiger partial charge in [0.1, 0.15) is 11.9 Å². The summed E-state index contributed by atoms with van der Waals surface area (Å²) in [6.45, 7) is 6.10. The molecule has 4 nitrogen and oxygen atoms in total. The fraction of sp³-hybridized carbons (Fsp3) is 0.310. The van der Waals surface area contributed by atoms with Crippen LogP contribution in [0.3, 0.4) is 0 Å². The van der Waals surface area contributed by atoms with Crippen LogP contribution in [0.4, 0.5) is 4.39 Å². The molecule has 6 heteroatoms. The van der Waals surface area contributed by atoms with Gasteiger partial charge in [0.05, 0.1) is 5.75 Å². The van der Waals surface area contributed by atoms with Crippen molar-refractivity contribution in [1.29, 1.82) is 0 Å².